The van der Waals surface area contributed by atoms with Crippen LogP contribution in [0, 0.1) is 3.57 Å². The fraction of sp³-hybridized carbons (Fsp3) is 0.250. The molecule has 0 radical (unpaired) electrons. The number of ether oxygens (including phenoxy) is 1. The van der Waals surface area contributed by atoms with E-state index in [1.807, 2.05) is 22.6 Å². The first kappa shape index (κ1) is 13.8. The van der Waals surface area contributed by atoms with Crippen LogP contribution in [0.1, 0.15) is 23.2 Å². The van der Waals surface area contributed by atoms with E-state index in [0.717, 1.165) is 0 Å². The van der Waals surface area contributed by atoms with Crippen LogP contribution in [0.25, 0.3) is 0 Å². The van der Waals surface area contributed by atoms with Gasteiger partial charge in [0, 0.05) is 16.4 Å². The van der Waals surface area contributed by atoms with Crippen molar-refractivity contribution in [2.24, 2.45) is 0 Å². The van der Waals surface area contributed by atoms with Crippen molar-refractivity contribution in [1.82, 2.24) is 5.06 Å². The lowest BCUT2D eigenvalue weighted by Crippen LogP contribution is -2.32. The Hall–Kier alpha value is -1.64. The predicted octanol–water partition coefficient (Wildman–Crippen LogP) is 1.52. The van der Waals surface area contributed by atoms with Crippen LogP contribution < -0.4 is 4.74 Å². The zero-order chi connectivity index (χ0) is 14.0. The monoisotopic (exact) mass is 375 g/mol. The molecule has 0 aliphatic carbocycles. The fourth-order valence-corrected chi connectivity index (χ4v) is 2.29. The molecule has 7 heteroatoms. The summed E-state index contributed by atoms with van der Waals surface area (Å²) in [6.45, 7) is 0. The molecule has 100 valence electrons. The topological polar surface area (TPSA) is 72.9 Å². The van der Waals surface area contributed by atoms with Gasteiger partial charge >= 0.3 is 5.97 Å². The lowest BCUT2D eigenvalue weighted by molar-refractivity contribution is -0.172. The molecule has 6 nitrogen and oxygen atoms in total. The fourth-order valence-electron chi connectivity index (χ4n) is 1.58. The first-order valence-corrected chi connectivity index (χ1v) is 6.52. The number of hydroxylamine groups is 2. The van der Waals surface area contributed by atoms with E-state index in [2.05, 4.69) is 0 Å². The molecule has 1 aliphatic rings. The number of amides is 2. The molecule has 0 spiro atoms. The molecule has 0 N–H and O–H groups in total. The van der Waals surface area contributed by atoms with Crippen molar-refractivity contribution < 1.29 is 24.0 Å². The summed E-state index contributed by atoms with van der Waals surface area (Å²) in [5.41, 5.74) is 0.272. The van der Waals surface area contributed by atoms with E-state index in [4.69, 9.17) is 9.57 Å². The molecule has 1 saturated heterocycles. The summed E-state index contributed by atoms with van der Waals surface area (Å²) >= 11 is 1.95. The highest BCUT2D eigenvalue weighted by atomic mass is 127. The second kappa shape index (κ2) is 5.55. The molecule has 0 saturated carbocycles. The van der Waals surface area contributed by atoms with E-state index in [1.54, 1.807) is 12.1 Å². The Balaban J connectivity index is 2.16. The van der Waals surface area contributed by atoms with Gasteiger partial charge in [-0.2, -0.15) is 0 Å². The van der Waals surface area contributed by atoms with E-state index in [0.29, 0.717) is 14.4 Å². The third kappa shape index (κ3) is 2.86. The van der Waals surface area contributed by atoms with Gasteiger partial charge in [0.2, 0.25) is 0 Å². The van der Waals surface area contributed by atoms with Gasteiger partial charge in [-0.1, -0.05) is 0 Å². The molecule has 19 heavy (non-hydrogen) atoms. The minimum Gasteiger partial charge on any atom is -0.497 e. The van der Waals surface area contributed by atoms with Gasteiger partial charge in [0.1, 0.15) is 5.75 Å². The number of halogens is 1. The molecule has 0 unspecified atom stereocenters. The zero-order valence-electron chi connectivity index (χ0n) is 10.0. The van der Waals surface area contributed by atoms with Crippen LogP contribution in [-0.2, 0) is 14.4 Å². The van der Waals surface area contributed by atoms with Crippen molar-refractivity contribution in [1.29, 1.82) is 0 Å². The Labute approximate surface area is 122 Å². The van der Waals surface area contributed by atoms with Gasteiger partial charge < -0.3 is 9.57 Å². The number of hydrogen-bond acceptors (Lipinski definition) is 5. The van der Waals surface area contributed by atoms with E-state index < -0.39 is 17.8 Å². The second-order valence-corrected chi connectivity index (χ2v) is 4.97. The predicted molar refractivity (Wildman–Crippen MR) is 72.2 cm³/mol. The maximum Gasteiger partial charge on any atom is 0.364 e. The maximum atomic E-state index is 11.9. The molecule has 2 amide bonds. The zero-order valence-corrected chi connectivity index (χ0v) is 12.2. The normalized spacial score (nSPS) is 14.7. The number of carbonyl (C=O) groups is 3. The Morgan fingerprint density at radius 3 is 2.42 bits per heavy atom. The molecule has 1 fully saturated rings. The molecule has 1 aliphatic heterocycles. The summed E-state index contributed by atoms with van der Waals surface area (Å²) in [4.78, 5) is 39.4. The van der Waals surface area contributed by atoms with Crippen LogP contribution in [-0.4, -0.2) is 30.0 Å². The highest BCUT2D eigenvalue weighted by molar-refractivity contribution is 14.1. The van der Waals surface area contributed by atoms with Gasteiger partial charge in [0.15, 0.2) is 0 Å². The number of methoxy groups -OCH3 is 1. The van der Waals surface area contributed by atoms with Crippen LogP contribution in [0.4, 0.5) is 0 Å². The van der Waals surface area contributed by atoms with Crippen molar-refractivity contribution in [2.45, 2.75) is 12.8 Å². The molecule has 1 aromatic rings. The summed E-state index contributed by atoms with van der Waals surface area (Å²) in [6.07, 6.45) is 0.150. The van der Waals surface area contributed by atoms with Gasteiger partial charge in [-0.15, -0.1) is 5.06 Å². The molecule has 0 atom stereocenters. The summed E-state index contributed by atoms with van der Waals surface area (Å²) in [6, 6.07) is 4.78. The first-order chi connectivity index (χ1) is 9.02. The second-order valence-electron chi connectivity index (χ2n) is 3.81. The standard InChI is InChI=1S/C12H10INO5/c1-18-7-2-3-8(9(13)6-7)12(17)19-14-10(15)4-5-11(14)16/h2-3,6H,4-5H2,1H3. The average molecular weight is 375 g/mol. The SMILES string of the molecule is COc1ccc(C(=O)ON2C(=O)CCC2=O)c(I)c1. The molecular formula is C12H10INO5. The number of carbonyl (C=O) groups excluding carboxylic acids is 3. The highest BCUT2D eigenvalue weighted by Gasteiger charge is 2.33. The van der Waals surface area contributed by atoms with Crippen molar-refractivity contribution in [3.8, 4) is 5.75 Å². The van der Waals surface area contributed by atoms with Crippen LogP contribution in [0.5, 0.6) is 5.75 Å². The van der Waals surface area contributed by atoms with E-state index in [-0.39, 0.29) is 18.4 Å². The number of hydrogen-bond donors (Lipinski definition) is 0. The number of benzene rings is 1. The van der Waals surface area contributed by atoms with E-state index in [1.165, 1.54) is 13.2 Å². The minimum absolute atomic E-state index is 0.0752. The summed E-state index contributed by atoms with van der Waals surface area (Å²) in [7, 11) is 1.52. The van der Waals surface area contributed by atoms with Gasteiger partial charge in [-0.3, -0.25) is 9.59 Å². The molecular weight excluding hydrogens is 365 g/mol. The van der Waals surface area contributed by atoms with Gasteiger partial charge in [0.05, 0.1) is 12.7 Å². The lowest BCUT2D eigenvalue weighted by Gasteiger charge is -2.13. The number of imide groups is 1. The van der Waals surface area contributed by atoms with Crippen LogP contribution >= 0.6 is 22.6 Å². The van der Waals surface area contributed by atoms with Gasteiger partial charge in [-0.05, 0) is 40.8 Å². The number of rotatable bonds is 3. The third-order valence-electron chi connectivity index (χ3n) is 2.58. The maximum absolute atomic E-state index is 11.9. The van der Waals surface area contributed by atoms with E-state index in [9.17, 15) is 14.4 Å². The van der Waals surface area contributed by atoms with Crippen molar-refractivity contribution >= 4 is 40.4 Å². The largest absolute Gasteiger partial charge is 0.497 e. The smallest absolute Gasteiger partial charge is 0.364 e. The lowest BCUT2D eigenvalue weighted by atomic mass is 10.2. The molecule has 1 heterocycles. The van der Waals surface area contributed by atoms with Crippen LogP contribution in [0.3, 0.4) is 0 Å². The van der Waals surface area contributed by atoms with E-state index >= 15 is 0 Å². The third-order valence-corrected chi connectivity index (χ3v) is 3.47. The van der Waals surface area contributed by atoms with Crippen molar-refractivity contribution in [3.05, 3.63) is 27.3 Å². The summed E-state index contributed by atoms with van der Waals surface area (Å²) in [5.74, 6) is -1.13. The number of nitrogens with zero attached hydrogens (tertiary/aromatic N) is 1. The Morgan fingerprint density at radius 2 is 1.89 bits per heavy atom. The Morgan fingerprint density at radius 1 is 1.26 bits per heavy atom. The van der Waals surface area contributed by atoms with Crippen LogP contribution in [0.2, 0.25) is 0 Å². The molecule has 2 rings (SSSR count). The van der Waals surface area contributed by atoms with Gasteiger partial charge in [-0.25, -0.2) is 4.79 Å². The highest BCUT2D eigenvalue weighted by Crippen LogP contribution is 2.21. The molecule has 0 aromatic heterocycles. The summed E-state index contributed by atoms with van der Waals surface area (Å²) < 4.78 is 5.63. The average Bonchev–Trinajstić information content (AvgIpc) is 2.70. The molecule has 0 bridgehead atoms. The first-order valence-electron chi connectivity index (χ1n) is 5.44. The Kier molecular flexibility index (Phi) is 4.03. The molecule has 1 aromatic carbocycles. The van der Waals surface area contributed by atoms with Crippen molar-refractivity contribution in [3.63, 3.8) is 0 Å². The quantitative estimate of drug-likeness (QED) is 0.592. The van der Waals surface area contributed by atoms with Gasteiger partial charge in [0.25, 0.3) is 11.8 Å². The summed E-state index contributed by atoms with van der Waals surface area (Å²) in [5, 5.41) is 0.530. The Bertz CT molecular complexity index is 541. The minimum atomic E-state index is -0.740. The van der Waals surface area contributed by atoms with Crippen molar-refractivity contribution in [2.75, 3.05) is 7.11 Å². The van der Waals surface area contributed by atoms with Crippen LogP contribution in [0.15, 0.2) is 18.2 Å².